The molecule has 2 aliphatic rings. The normalized spacial score (nSPS) is 15.4. The number of anilines is 1. The Labute approximate surface area is 198 Å². The van der Waals surface area contributed by atoms with E-state index in [-0.39, 0.29) is 31.1 Å². The van der Waals surface area contributed by atoms with Crippen LogP contribution in [0, 0.1) is 5.92 Å². The Hall–Kier alpha value is -3.55. The van der Waals surface area contributed by atoms with Crippen molar-refractivity contribution in [3.63, 3.8) is 0 Å². The van der Waals surface area contributed by atoms with E-state index in [0.29, 0.717) is 30.2 Å². The van der Waals surface area contributed by atoms with Gasteiger partial charge in [0, 0.05) is 30.6 Å². The van der Waals surface area contributed by atoms with Gasteiger partial charge < -0.3 is 24.7 Å². The van der Waals surface area contributed by atoms with Crippen molar-refractivity contribution in [3.8, 4) is 11.5 Å². The van der Waals surface area contributed by atoms with Gasteiger partial charge in [0.05, 0.1) is 11.0 Å². The van der Waals surface area contributed by atoms with Crippen molar-refractivity contribution in [1.29, 1.82) is 0 Å². The van der Waals surface area contributed by atoms with Crippen LogP contribution in [-0.4, -0.2) is 34.7 Å². The number of carbonyl (C=O) groups is 2. The molecule has 0 spiro atoms. The molecule has 1 saturated carbocycles. The van der Waals surface area contributed by atoms with Crippen LogP contribution in [0.15, 0.2) is 42.5 Å². The summed E-state index contributed by atoms with van der Waals surface area (Å²) < 4.78 is 12.7. The second-order valence-electron chi connectivity index (χ2n) is 8.95. The number of amides is 2. The van der Waals surface area contributed by atoms with Crippen LogP contribution in [0.1, 0.15) is 44.3 Å². The van der Waals surface area contributed by atoms with E-state index in [4.69, 9.17) is 14.5 Å². The van der Waals surface area contributed by atoms with E-state index in [1.54, 1.807) is 18.2 Å². The molecule has 0 radical (unpaired) electrons. The lowest BCUT2D eigenvalue weighted by Gasteiger charge is -2.20. The summed E-state index contributed by atoms with van der Waals surface area (Å²) in [5, 5.41) is 6.03. The number of benzene rings is 2. The molecular formula is C26H30N4O4. The van der Waals surface area contributed by atoms with Crippen LogP contribution in [0.5, 0.6) is 11.5 Å². The van der Waals surface area contributed by atoms with Crippen molar-refractivity contribution in [2.24, 2.45) is 5.92 Å². The van der Waals surface area contributed by atoms with Gasteiger partial charge >= 0.3 is 0 Å². The fourth-order valence-corrected chi connectivity index (χ4v) is 4.78. The van der Waals surface area contributed by atoms with Crippen LogP contribution in [0.3, 0.4) is 0 Å². The minimum atomic E-state index is -0.145. The Kier molecular flexibility index (Phi) is 6.65. The van der Waals surface area contributed by atoms with Gasteiger partial charge in [-0.3, -0.25) is 9.59 Å². The number of aromatic nitrogens is 2. The van der Waals surface area contributed by atoms with Gasteiger partial charge in [-0.15, -0.1) is 0 Å². The van der Waals surface area contributed by atoms with Gasteiger partial charge in [0.15, 0.2) is 11.5 Å². The van der Waals surface area contributed by atoms with E-state index in [2.05, 4.69) is 10.6 Å². The maximum absolute atomic E-state index is 12.9. The molecular weight excluding hydrogens is 432 g/mol. The molecule has 2 heterocycles. The topological polar surface area (TPSA) is 94.5 Å². The van der Waals surface area contributed by atoms with Crippen LogP contribution in [-0.2, 0) is 22.6 Å². The molecule has 0 unspecified atom stereocenters. The lowest BCUT2D eigenvalue weighted by atomic mass is 9.89. The zero-order chi connectivity index (χ0) is 23.3. The number of hydrogen-bond donors (Lipinski definition) is 2. The Bertz CT molecular complexity index is 1180. The van der Waals surface area contributed by atoms with Crippen molar-refractivity contribution in [3.05, 3.63) is 48.3 Å². The first-order valence-electron chi connectivity index (χ1n) is 12.1. The lowest BCUT2D eigenvalue weighted by molar-refractivity contribution is -0.125. The summed E-state index contributed by atoms with van der Waals surface area (Å²) in [6.45, 7) is 0.957. The highest BCUT2D eigenvalue weighted by Crippen LogP contribution is 2.34. The van der Waals surface area contributed by atoms with Gasteiger partial charge in [-0.1, -0.05) is 31.4 Å². The fraction of sp³-hybridized carbons (Fsp3) is 0.423. The lowest BCUT2D eigenvalue weighted by Crippen LogP contribution is -2.32. The van der Waals surface area contributed by atoms with E-state index in [0.717, 1.165) is 49.0 Å². The Morgan fingerprint density at radius 3 is 2.74 bits per heavy atom. The molecule has 1 aliphatic heterocycles. The molecule has 3 aromatic rings. The smallest absolute Gasteiger partial charge is 0.244 e. The molecule has 0 saturated heterocycles. The quantitative estimate of drug-likeness (QED) is 0.493. The Morgan fingerprint density at radius 2 is 1.85 bits per heavy atom. The summed E-state index contributed by atoms with van der Waals surface area (Å²) in [5.41, 5.74) is 2.44. The third-order valence-corrected chi connectivity index (χ3v) is 6.54. The first-order chi connectivity index (χ1) is 16.7. The standard InChI is InChI=1S/C26H30N4O4/c31-25(28-19-12-13-22-23(15-19)34-17-33-22)16-30-21-10-5-4-9-20(21)29-24(30)11-6-14-27-26(32)18-7-2-1-3-8-18/h4-5,9-10,12-13,15,18H,1-3,6-8,11,14,16-17H2,(H,27,32)(H,28,31). The molecule has 1 aromatic heterocycles. The van der Waals surface area contributed by atoms with Crippen LogP contribution in [0.2, 0.25) is 0 Å². The van der Waals surface area contributed by atoms with Gasteiger partial charge in [0.2, 0.25) is 18.6 Å². The Balaban J connectivity index is 1.22. The van der Waals surface area contributed by atoms with Crippen molar-refractivity contribution < 1.29 is 19.1 Å². The van der Waals surface area contributed by atoms with Crippen LogP contribution < -0.4 is 20.1 Å². The number of nitrogens with zero attached hydrogens (tertiary/aromatic N) is 2. The van der Waals surface area contributed by atoms with Crippen LogP contribution in [0.4, 0.5) is 5.69 Å². The average Bonchev–Trinajstić information content (AvgIpc) is 3.46. The molecule has 34 heavy (non-hydrogen) atoms. The van der Waals surface area contributed by atoms with Crippen molar-refractivity contribution in [2.75, 3.05) is 18.7 Å². The van der Waals surface area contributed by atoms with E-state index < -0.39 is 0 Å². The van der Waals surface area contributed by atoms with Gasteiger partial charge in [0.25, 0.3) is 0 Å². The molecule has 0 atom stereocenters. The van der Waals surface area contributed by atoms with E-state index >= 15 is 0 Å². The minimum absolute atomic E-state index is 0.145. The number of imidazole rings is 1. The predicted octanol–water partition coefficient (Wildman–Crippen LogP) is 4.03. The van der Waals surface area contributed by atoms with Gasteiger partial charge in [-0.25, -0.2) is 4.98 Å². The van der Waals surface area contributed by atoms with Crippen LogP contribution >= 0.6 is 0 Å². The number of carbonyl (C=O) groups excluding carboxylic acids is 2. The second-order valence-corrected chi connectivity index (χ2v) is 8.95. The fourth-order valence-electron chi connectivity index (χ4n) is 4.78. The highest BCUT2D eigenvalue weighted by atomic mass is 16.7. The number of ether oxygens (including phenoxy) is 2. The second kappa shape index (κ2) is 10.2. The zero-order valence-electron chi connectivity index (χ0n) is 19.2. The van der Waals surface area contributed by atoms with Gasteiger partial charge in [-0.2, -0.15) is 0 Å². The number of aryl methyl sites for hydroxylation is 1. The monoisotopic (exact) mass is 462 g/mol. The van der Waals surface area contributed by atoms with E-state index in [1.807, 2.05) is 28.8 Å². The van der Waals surface area contributed by atoms with E-state index in [9.17, 15) is 9.59 Å². The van der Waals surface area contributed by atoms with Crippen molar-refractivity contribution in [1.82, 2.24) is 14.9 Å². The first kappa shape index (κ1) is 22.3. The van der Waals surface area contributed by atoms with E-state index in [1.165, 1.54) is 6.42 Å². The number of para-hydroxylation sites is 2. The SMILES string of the molecule is O=C(Cn1c(CCCNC(=O)C2CCCCC2)nc2ccccc21)Nc1ccc2c(c1)OCO2. The molecule has 5 rings (SSSR count). The van der Waals surface area contributed by atoms with Crippen molar-refractivity contribution in [2.45, 2.75) is 51.5 Å². The first-order valence-corrected chi connectivity index (χ1v) is 12.1. The maximum Gasteiger partial charge on any atom is 0.244 e. The molecule has 2 amide bonds. The largest absolute Gasteiger partial charge is 0.454 e. The third kappa shape index (κ3) is 5.00. The predicted molar refractivity (Wildman–Crippen MR) is 129 cm³/mol. The zero-order valence-corrected chi connectivity index (χ0v) is 19.2. The summed E-state index contributed by atoms with van der Waals surface area (Å²) in [4.78, 5) is 30.0. The molecule has 2 aromatic carbocycles. The highest BCUT2D eigenvalue weighted by Gasteiger charge is 2.21. The van der Waals surface area contributed by atoms with Gasteiger partial charge in [-0.05, 0) is 43.5 Å². The molecule has 178 valence electrons. The molecule has 8 nitrogen and oxygen atoms in total. The Morgan fingerprint density at radius 1 is 1.03 bits per heavy atom. The average molecular weight is 463 g/mol. The maximum atomic E-state index is 12.9. The third-order valence-electron chi connectivity index (χ3n) is 6.54. The molecule has 8 heteroatoms. The van der Waals surface area contributed by atoms with Gasteiger partial charge in [0.1, 0.15) is 12.4 Å². The summed E-state index contributed by atoms with van der Waals surface area (Å²) >= 11 is 0. The summed E-state index contributed by atoms with van der Waals surface area (Å²) in [6.07, 6.45) is 6.98. The number of rotatable bonds is 8. The molecule has 1 fully saturated rings. The van der Waals surface area contributed by atoms with Crippen LogP contribution in [0.25, 0.3) is 11.0 Å². The van der Waals surface area contributed by atoms with Crippen molar-refractivity contribution >= 4 is 28.5 Å². The molecule has 2 N–H and O–H groups in total. The number of fused-ring (bicyclic) bond motifs is 2. The number of nitrogens with one attached hydrogen (secondary N) is 2. The highest BCUT2D eigenvalue weighted by molar-refractivity contribution is 5.92. The summed E-state index contributed by atoms with van der Waals surface area (Å²) in [7, 11) is 0. The molecule has 1 aliphatic carbocycles. The minimum Gasteiger partial charge on any atom is -0.454 e. The number of hydrogen-bond acceptors (Lipinski definition) is 5. The summed E-state index contributed by atoms with van der Waals surface area (Å²) in [5.74, 6) is 2.34. The molecule has 0 bridgehead atoms. The summed E-state index contributed by atoms with van der Waals surface area (Å²) in [6, 6.07) is 13.2.